The number of halogens is 2. The van der Waals surface area contributed by atoms with Gasteiger partial charge in [-0.1, -0.05) is 12.1 Å². The van der Waals surface area contributed by atoms with Crippen molar-refractivity contribution in [2.75, 3.05) is 25.4 Å². The number of carbonyl (C=O) groups excluding carboxylic acids is 1. The van der Waals surface area contributed by atoms with Gasteiger partial charge in [-0.05, 0) is 54.8 Å². The van der Waals surface area contributed by atoms with Crippen LogP contribution in [0.2, 0.25) is 0 Å². The SMILES string of the molecule is Nc1ncc(-c2cccc(F)c2)c([C@@H]2CCCN(C(=O)COc3ccc(F)cc3)C2)n1. The predicted octanol–water partition coefficient (Wildman–Crippen LogP) is 3.79. The van der Waals surface area contributed by atoms with Crippen molar-refractivity contribution in [2.24, 2.45) is 0 Å². The lowest BCUT2D eigenvalue weighted by atomic mass is 9.90. The average molecular weight is 424 g/mol. The number of nitrogens with two attached hydrogens (primary N) is 1. The molecule has 1 atom stereocenters. The van der Waals surface area contributed by atoms with Crippen LogP contribution in [0.5, 0.6) is 5.75 Å². The minimum absolute atomic E-state index is 0.0629. The smallest absolute Gasteiger partial charge is 0.260 e. The highest BCUT2D eigenvalue weighted by Crippen LogP contribution is 2.33. The Hall–Kier alpha value is -3.55. The standard InChI is InChI=1S/C23H22F2N4O2/c24-17-6-8-19(9-7-17)31-14-21(30)29-10-2-4-16(13-29)22-20(12-27-23(26)28-22)15-3-1-5-18(25)11-15/h1,3,5-9,11-12,16H,2,4,10,13-14H2,(H2,26,27,28)/t16-/m1/s1. The van der Waals surface area contributed by atoms with Gasteiger partial charge in [-0.3, -0.25) is 4.79 Å². The topological polar surface area (TPSA) is 81.3 Å². The number of likely N-dealkylation sites (tertiary alicyclic amines) is 1. The number of rotatable bonds is 5. The fraction of sp³-hybridized carbons (Fsp3) is 0.261. The maximum Gasteiger partial charge on any atom is 0.260 e. The van der Waals surface area contributed by atoms with Crippen LogP contribution in [0, 0.1) is 11.6 Å². The van der Waals surface area contributed by atoms with E-state index in [1.807, 2.05) is 0 Å². The second-order valence-electron chi connectivity index (χ2n) is 7.46. The van der Waals surface area contributed by atoms with Crippen molar-refractivity contribution < 1.29 is 18.3 Å². The van der Waals surface area contributed by atoms with Gasteiger partial charge in [-0.25, -0.2) is 18.7 Å². The van der Waals surface area contributed by atoms with Gasteiger partial charge in [0, 0.05) is 30.8 Å². The van der Waals surface area contributed by atoms with Crippen LogP contribution in [0.3, 0.4) is 0 Å². The van der Waals surface area contributed by atoms with Gasteiger partial charge < -0.3 is 15.4 Å². The molecule has 2 heterocycles. The molecule has 1 aliphatic heterocycles. The van der Waals surface area contributed by atoms with E-state index in [0.29, 0.717) is 35.7 Å². The van der Waals surface area contributed by atoms with E-state index in [0.717, 1.165) is 12.8 Å². The van der Waals surface area contributed by atoms with E-state index in [1.54, 1.807) is 23.2 Å². The maximum absolute atomic E-state index is 13.8. The van der Waals surface area contributed by atoms with Gasteiger partial charge in [0.1, 0.15) is 17.4 Å². The molecule has 1 saturated heterocycles. The van der Waals surface area contributed by atoms with Crippen molar-refractivity contribution in [3.05, 3.63) is 72.1 Å². The van der Waals surface area contributed by atoms with Gasteiger partial charge >= 0.3 is 0 Å². The van der Waals surface area contributed by atoms with Crippen LogP contribution in [0.4, 0.5) is 14.7 Å². The molecule has 1 aromatic heterocycles. The molecule has 6 nitrogen and oxygen atoms in total. The second-order valence-corrected chi connectivity index (χ2v) is 7.46. The lowest BCUT2D eigenvalue weighted by Crippen LogP contribution is -2.41. The largest absolute Gasteiger partial charge is 0.484 e. The van der Waals surface area contributed by atoms with Gasteiger partial charge in [-0.2, -0.15) is 0 Å². The van der Waals surface area contributed by atoms with E-state index in [2.05, 4.69) is 9.97 Å². The number of benzene rings is 2. The Morgan fingerprint density at radius 2 is 1.97 bits per heavy atom. The van der Waals surface area contributed by atoms with Gasteiger partial charge in [0.25, 0.3) is 5.91 Å². The Bertz CT molecular complexity index is 1080. The molecule has 1 aliphatic rings. The highest BCUT2D eigenvalue weighted by atomic mass is 19.1. The fourth-order valence-corrected chi connectivity index (χ4v) is 3.79. The molecule has 2 N–H and O–H groups in total. The number of anilines is 1. The fourth-order valence-electron chi connectivity index (χ4n) is 3.79. The number of ether oxygens (including phenoxy) is 1. The lowest BCUT2D eigenvalue weighted by Gasteiger charge is -2.33. The van der Waals surface area contributed by atoms with Crippen LogP contribution < -0.4 is 10.5 Å². The van der Waals surface area contributed by atoms with E-state index in [1.165, 1.54) is 36.4 Å². The van der Waals surface area contributed by atoms with E-state index in [-0.39, 0.29) is 36.0 Å². The summed E-state index contributed by atoms with van der Waals surface area (Å²) in [6.07, 6.45) is 3.21. The monoisotopic (exact) mass is 424 g/mol. The van der Waals surface area contributed by atoms with Crippen molar-refractivity contribution in [1.29, 1.82) is 0 Å². The van der Waals surface area contributed by atoms with Crippen molar-refractivity contribution in [3.63, 3.8) is 0 Å². The van der Waals surface area contributed by atoms with E-state index in [4.69, 9.17) is 10.5 Å². The molecule has 8 heteroatoms. The molecule has 4 rings (SSSR count). The van der Waals surface area contributed by atoms with Crippen LogP contribution in [-0.4, -0.2) is 40.5 Å². The molecule has 31 heavy (non-hydrogen) atoms. The summed E-state index contributed by atoms with van der Waals surface area (Å²) < 4.78 is 32.3. The number of amides is 1. The molecule has 0 bridgehead atoms. The molecular formula is C23H22F2N4O2. The van der Waals surface area contributed by atoms with Crippen LogP contribution in [0.25, 0.3) is 11.1 Å². The van der Waals surface area contributed by atoms with Crippen molar-refractivity contribution in [3.8, 4) is 16.9 Å². The molecule has 0 spiro atoms. The third-order valence-corrected chi connectivity index (χ3v) is 5.31. The Kier molecular flexibility index (Phi) is 6.06. The number of hydrogen-bond donors (Lipinski definition) is 1. The number of carbonyl (C=O) groups is 1. The minimum atomic E-state index is -0.365. The van der Waals surface area contributed by atoms with E-state index < -0.39 is 0 Å². The number of hydrogen-bond acceptors (Lipinski definition) is 5. The number of aromatic nitrogens is 2. The van der Waals surface area contributed by atoms with Crippen LogP contribution in [0.15, 0.2) is 54.7 Å². The molecular weight excluding hydrogens is 402 g/mol. The zero-order valence-corrected chi connectivity index (χ0v) is 16.8. The van der Waals surface area contributed by atoms with Crippen molar-refractivity contribution in [2.45, 2.75) is 18.8 Å². The van der Waals surface area contributed by atoms with Crippen LogP contribution in [0.1, 0.15) is 24.5 Å². The molecule has 0 unspecified atom stereocenters. The lowest BCUT2D eigenvalue weighted by molar-refractivity contribution is -0.134. The Morgan fingerprint density at radius 1 is 1.16 bits per heavy atom. The molecule has 0 saturated carbocycles. The third kappa shape index (κ3) is 4.96. The van der Waals surface area contributed by atoms with Gasteiger partial charge in [0.15, 0.2) is 6.61 Å². The summed E-state index contributed by atoms with van der Waals surface area (Å²) in [6, 6.07) is 11.8. The summed E-state index contributed by atoms with van der Waals surface area (Å²) >= 11 is 0. The summed E-state index contributed by atoms with van der Waals surface area (Å²) in [6.45, 7) is 0.920. The first-order valence-corrected chi connectivity index (χ1v) is 10.0. The quantitative estimate of drug-likeness (QED) is 0.674. The van der Waals surface area contributed by atoms with Crippen molar-refractivity contribution in [1.82, 2.24) is 14.9 Å². The molecule has 160 valence electrons. The Morgan fingerprint density at radius 3 is 2.74 bits per heavy atom. The summed E-state index contributed by atoms with van der Waals surface area (Å²) in [5.74, 6) is -0.372. The van der Waals surface area contributed by atoms with Crippen molar-refractivity contribution >= 4 is 11.9 Å². The van der Waals surface area contributed by atoms with Gasteiger partial charge in [0.05, 0.1) is 5.69 Å². The van der Waals surface area contributed by atoms with Crippen LogP contribution in [-0.2, 0) is 4.79 Å². The van der Waals surface area contributed by atoms with E-state index in [9.17, 15) is 13.6 Å². The third-order valence-electron chi connectivity index (χ3n) is 5.31. The summed E-state index contributed by atoms with van der Waals surface area (Å²) in [7, 11) is 0. The number of nitrogen functional groups attached to an aromatic ring is 1. The normalized spacial score (nSPS) is 16.2. The number of nitrogens with zero attached hydrogens (tertiary/aromatic N) is 3. The summed E-state index contributed by atoms with van der Waals surface area (Å²) in [5, 5.41) is 0. The molecule has 0 aliphatic carbocycles. The highest BCUT2D eigenvalue weighted by molar-refractivity contribution is 5.78. The minimum Gasteiger partial charge on any atom is -0.484 e. The second kappa shape index (κ2) is 9.07. The van der Waals surface area contributed by atoms with E-state index >= 15 is 0 Å². The summed E-state index contributed by atoms with van der Waals surface area (Å²) in [5.41, 5.74) is 7.91. The summed E-state index contributed by atoms with van der Waals surface area (Å²) in [4.78, 5) is 22.9. The first-order chi connectivity index (χ1) is 15.0. The average Bonchev–Trinajstić information content (AvgIpc) is 2.78. The first-order valence-electron chi connectivity index (χ1n) is 10.0. The number of piperidine rings is 1. The molecule has 0 radical (unpaired) electrons. The van der Waals surface area contributed by atoms with Crippen LogP contribution >= 0.6 is 0 Å². The zero-order chi connectivity index (χ0) is 21.8. The van der Waals surface area contributed by atoms with Gasteiger partial charge in [-0.15, -0.1) is 0 Å². The molecule has 2 aromatic carbocycles. The Labute approximate surface area is 178 Å². The Balaban J connectivity index is 1.50. The maximum atomic E-state index is 13.8. The highest BCUT2D eigenvalue weighted by Gasteiger charge is 2.28. The first kappa shape index (κ1) is 20.7. The van der Waals surface area contributed by atoms with Gasteiger partial charge in [0.2, 0.25) is 5.95 Å². The predicted molar refractivity (Wildman–Crippen MR) is 112 cm³/mol. The molecule has 1 amide bonds. The zero-order valence-electron chi connectivity index (χ0n) is 16.8. The molecule has 3 aromatic rings. The molecule has 1 fully saturated rings.